The van der Waals surface area contributed by atoms with Gasteiger partial charge in [0.2, 0.25) is 0 Å². The molecule has 1 unspecified atom stereocenters. The number of nitrogens with zero attached hydrogens (tertiary/aromatic N) is 1. The van der Waals surface area contributed by atoms with E-state index in [1.807, 2.05) is 0 Å². The molecular formula is C29H35NO. The number of ether oxygens (including phenoxy) is 1. The Balaban J connectivity index is 1.78. The standard InChI is InChI=1S/C29H35NO/c1-4-20-31-28(2,3)27-21-29(25-16-10-6-11-17-25,26-18-12-7-13-19-26)23-30(27)22-24-14-8-5-9-15-24/h5-19,27H,4,20-23H2,1-3H3. The molecule has 1 aliphatic rings. The van der Waals surface area contributed by atoms with E-state index in [4.69, 9.17) is 4.74 Å². The van der Waals surface area contributed by atoms with Gasteiger partial charge in [0, 0.05) is 31.2 Å². The Bertz CT molecular complexity index is 897. The quantitative estimate of drug-likeness (QED) is 0.421. The molecule has 0 aromatic heterocycles. The van der Waals surface area contributed by atoms with Crippen LogP contribution in [-0.2, 0) is 16.7 Å². The first-order valence-electron chi connectivity index (χ1n) is 11.6. The summed E-state index contributed by atoms with van der Waals surface area (Å²) in [7, 11) is 0. The van der Waals surface area contributed by atoms with Gasteiger partial charge in [0.1, 0.15) is 0 Å². The van der Waals surface area contributed by atoms with Crippen molar-refractivity contribution in [2.45, 2.75) is 57.2 Å². The maximum absolute atomic E-state index is 6.45. The molecule has 1 atom stereocenters. The van der Waals surface area contributed by atoms with Crippen molar-refractivity contribution in [1.29, 1.82) is 0 Å². The molecule has 0 saturated carbocycles. The monoisotopic (exact) mass is 413 g/mol. The highest BCUT2D eigenvalue weighted by Crippen LogP contribution is 2.47. The summed E-state index contributed by atoms with van der Waals surface area (Å²) >= 11 is 0. The molecule has 2 nitrogen and oxygen atoms in total. The van der Waals surface area contributed by atoms with E-state index >= 15 is 0 Å². The normalized spacial score (nSPS) is 18.9. The van der Waals surface area contributed by atoms with Gasteiger partial charge in [-0.1, -0.05) is 97.9 Å². The van der Waals surface area contributed by atoms with E-state index in [-0.39, 0.29) is 11.0 Å². The van der Waals surface area contributed by atoms with Crippen LogP contribution < -0.4 is 0 Å². The predicted octanol–water partition coefficient (Wildman–Crippen LogP) is 6.45. The highest BCUT2D eigenvalue weighted by molar-refractivity contribution is 5.42. The van der Waals surface area contributed by atoms with Gasteiger partial charge in [-0.2, -0.15) is 0 Å². The zero-order valence-corrected chi connectivity index (χ0v) is 19.1. The summed E-state index contributed by atoms with van der Waals surface area (Å²) in [5.74, 6) is 0. The highest BCUT2D eigenvalue weighted by atomic mass is 16.5. The van der Waals surface area contributed by atoms with Crippen molar-refractivity contribution in [3.05, 3.63) is 108 Å². The van der Waals surface area contributed by atoms with Crippen molar-refractivity contribution in [1.82, 2.24) is 4.90 Å². The van der Waals surface area contributed by atoms with E-state index < -0.39 is 0 Å². The molecule has 3 aromatic rings. The topological polar surface area (TPSA) is 12.5 Å². The molecule has 1 heterocycles. The van der Waals surface area contributed by atoms with Gasteiger partial charge in [-0.05, 0) is 43.4 Å². The lowest BCUT2D eigenvalue weighted by atomic mass is 9.71. The van der Waals surface area contributed by atoms with Crippen LogP contribution in [0.15, 0.2) is 91.0 Å². The summed E-state index contributed by atoms with van der Waals surface area (Å²) in [5, 5.41) is 0. The van der Waals surface area contributed by atoms with Gasteiger partial charge < -0.3 is 4.74 Å². The fourth-order valence-corrected chi connectivity index (χ4v) is 5.21. The van der Waals surface area contributed by atoms with Crippen LogP contribution in [0.5, 0.6) is 0 Å². The van der Waals surface area contributed by atoms with Crippen LogP contribution in [0.1, 0.15) is 50.3 Å². The minimum absolute atomic E-state index is 0.0468. The van der Waals surface area contributed by atoms with Gasteiger partial charge in [-0.25, -0.2) is 0 Å². The molecule has 0 aliphatic carbocycles. The summed E-state index contributed by atoms with van der Waals surface area (Å²) < 4.78 is 6.45. The molecule has 1 fully saturated rings. The Kier molecular flexibility index (Phi) is 6.60. The molecule has 1 saturated heterocycles. The summed E-state index contributed by atoms with van der Waals surface area (Å²) in [6.45, 7) is 9.46. The van der Waals surface area contributed by atoms with E-state index in [1.54, 1.807) is 0 Å². The van der Waals surface area contributed by atoms with Crippen LogP contribution in [0.3, 0.4) is 0 Å². The third-order valence-electron chi connectivity index (χ3n) is 6.82. The van der Waals surface area contributed by atoms with Gasteiger partial charge in [0.15, 0.2) is 0 Å². The SMILES string of the molecule is CCCOC(C)(C)C1CC(c2ccccc2)(c2ccccc2)CN1Cc1ccccc1. The molecule has 0 N–H and O–H groups in total. The van der Waals surface area contributed by atoms with Gasteiger partial charge in [-0.15, -0.1) is 0 Å². The molecule has 1 aliphatic heterocycles. The largest absolute Gasteiger partial charge is 0.374 e. The van der Waals surface area contributed by atoms with E-state index in [0.29, 0.717) is 6.04 Å². The molecule has 4 rings (SSSR count). The number of likely N-dealkylation sites (tertiary alicyclic amines) is 1. The third kappa shape index (κ3) is 4.61. The first kappa shape index (κ1) is 21.8. The number of rotatable bonds is 8. The molecule has 162 valence electrons. The lowest BCUT2D eigenvalue weighted by molar-refractivity contribution is -0.0701. The van der Waals surface area contributed by atoms with Crippen LogP contribution in [0.4, 0.5) is 0 Å². The van der Waals surface area contributed by atoms with Crippen LogP contribution in [0.2, 0.25) is 0 Å². The van der Waals surface area contributed by atoms with Crippen LogP contribution >= 0.6 is 0 Å². The van der Waals surface area contributed by atoms with Crippen molar-refractivity contribution in [3.8, 4) is 0 Å². The summed E-state index contributed by atoms with van der Waals surface area (Å²) in [4.78, 5) is 2.66. The molecule has 31 heavy (non-hydrogen) atoms. The second-order valence-corrected chi connectivity index (χ2v) is 9.38. The van der Waals surface area contributed by atoms with Gasteiger partial charge in [-0.3, -0.25) is 4.90 Å². The fourth-order valence-electron chi connectivity index (χ4n) is 5.21. The zero-order valence-electron chi connectivity index (χ0n) is 19.1. The molecule has 0 bridgehead atoms. The maximum atomic E-state index is 6.45. The molecule has 0 amide bonds. The average molecular weight is 414 g/mol. The second kappa shape index (κ2) is 9.38. The zero-order chi connectivity index (χ0) is 21.7. The molecule has 3 aromatic carbocycles. The number of hydrogen-bond acceptors (Lipinski definition) is 2. The van der Waals surface area contributed by atoms with E-state index in [1.165, 1.54) is 16.7 Å². The van der Waals surface area contributed by atoms with Crippen molar-refractivity contribution in [2.24, 2.45) is 0 Å². The Morgan fingerprint density at radius 2 is 1.35 bits per heavy atom. The number of benzene rings is 3. The van der Waals surface area contributed by atoms with Crippen molar-refractivity contribution in [2.75, 3.05) is 13.2 Å². The van der Waals surface area contributed by atoms with Gasteiger partial charge in [0.25, 0.3) is 0 Å². The van der Waals surface area contributed by atoms with E-state index in [0.717, 1.165) is 32.5 Å². The Hall–Kier alpha value is -2.42. The minimum Gasteiger partial charge on any atom is -0.374 e. The fraction of sp³-hybridized carbons (Fsp3) is 0.379. The van der Waals surface area contributed by atoms with Crippen LogP contribution in [0, 0.1) is 0 Å². The maximum Gasteiger partial charge on any atom is 0.0781 e. The summed E-state index contributed by atoms with van der Waals surface area (Å²) in [6.07, 6.45) is 2.09. The van der Waals surface area contributed by atoms with Crippen molar-refractivity contribution < 1.29 is 4.74 Å². The highest BCUT2D eigenvalue weighted by Gasteiger charge is 2.51. The van der Waals surface area contributed by atoms with Crippen molar-refractivity contribution >= 4 is 0 Å². The van der Waals surface area contributed by atoms with Crippen molar-refractivity contribution in [3.63, 3.8) is 0 Å². The Labute approximate surface area is 187 Å². The van der Waals surface area contributed by atoms with Crippen LogP contribution in [0.25, 0.3) is 0 Å². The Morgan fingerprint density at radius 1 is 0.839 bits per heavy atom. The third-order valence-corrected chi connectivity index (χ3v) is 6.82. The minimum atomic E-state index is -0.226. The predicted molar refractivity (Wildman–Crippen MR) is 129 cm³/mol. The first-order chi connectivity index (χ1) is 15.0. The van der Waals surface area contributed by atoms with Crippen LogP contribution in [-0.4, -0.2) is 29.7 Å². The lowest BCUT2D eigenvalue weighted by Gasteiger charge is -2.38. The first-order valence-corrected chi connectivity index (χ1v) is 11.6. The summed E-state index contributed by atoms with van der Waals surface area (Å²) in [6, 6.07) is 33.3. The molecule has 0 radical (unpaired) electrons. The molecule has 0 spiro atoms. The molecule has 2 heteroatoms. The van der Waals surface area contributed by atoms with E-state index in [2.05, 4.69) is 117 Å². The van der Waals surface area contributed by atoms with Gasteiger partial charge >= 0.3 is 0 Å². The number of hydrogen-bond donors (Lipinski definition) is 0. The Morgan fingerprint density at radius 3 is 1.87 bits per heavy atom. The summed E-state index contributed by atoms with van der Waals surface area (Å²) in [5.41, 5.74) is 3.88. The molecular weight excluding hydrogens is 378 g/mol. The second-order valence-electron chi connectivity index (χ2n) is 9.38. The average Bonchev–Trinajstić information content (AvgIpc) is 3.21. The van der Waals surface area contributed by atoms with Gasteiger partial charge in [0.05, 0.1) is 5.60 Å². The van der Waals surface area contributed by atoms with E-state index in [9.17, 15) is 0 Å². The lowest BCUT2D eigenvalue weighted by Crippen LogP contribution is -2.47. The smallest absolute Gasteiger partial charge is 0.0781 e.